The molecule has 0 aliphatic carbocycles. The zero-order chi connectivity index (χ0) is 17.5. The molecule has 0 unspecified atom stereocenters. The Kier molecular flexibility index (Phi) is 5.85. The van der Waals surface area contributed by atoms with Gasteiger partial charge in [0, 0.05) is 19.3 Å². The summed E-state index contributed by atoms with van der Waals surface area (Å²) in [7, 11) is 0. The number of nitrogens with one attached hydrogen (secondary N) is 1. The van der Waals surface area contributed by atoms with Crippen LogP contribution in [0.1, 0.15) is 15.9 Å². The Morgan fingerprint density at radius 1 is 1.24 bits per heavy atom. The highest BCUT2D eigenvalue weighted by atomic mass is 16.5. The second-order valence-electron chi connectivity index (χ2n) is 5.84. The number of ether oxygens (including phenoxy) is 2. The lowest BCUT2D eigenvalue weighted by Gasteiger charge is -2.29. The Morgan fingerprint density at radius 2 is 2.04 bits per heavy atom. The number of carbonyl (C=O) groups is 1. The van der Waals surface area contributed by atoms with Gasteiger partial charge in [-0.15, -0.1) is 0 Å². The maximum atomic E-state index is 12.5. The first-order valence-electron chi connectivity index (χ1n) is 8.50. The molecule has 1 amide bonds. The van der Waals surface area contributed by atoms with Gasteiger partial charge >= 0.3 is 0 Å². The van der Waals surface area contributed by atoms with Gasteiger partial charge in [0.1, 0.15) is 18.2 Å². The first kappa shape index (κ1) is 17.2. The summed E-state index contributed by atoms with van der Waals surface area (Å²) >= 11 is 0. The van der Waals surface area contributed by atoms with Gasteiger partial charge < -0.3 is 19.7 Å². The van der Waals surface area contributed by atoms with Crippen molar-refractivity contribution in [2.75, 3.05) is 44.4 Å². The normalized spacial score (nSPS) is 14.2. The number of pyridine rings is 1. The topological polar surface area (TPSA) is 63.7 Å². The van der Waals surface area contributed by atoms with Crippen molar-refractivity contribution < 1.29 is 14.3 Å². The van der Waals surface area contributed by atoms with Crippen LogP contribution in [0.25, 0.3) is 0 Å². The van der Waals surface area contributed by atoms with Crippen LogP contribution < -0.4 is 15.0 Å². The molecule has 2 heterocycles. The van der Waals surface area contributed by atoms with Crippen LogP contribution in [0.2, 0.25) is 0 Å². The average molecular weight is 341 g/mol. The standard InChI is InChI=1S/C19H23N3O3/c1-15-5-2-3-7-17(15)25-12-9-21-19(23)16-6-4-8-20-18(16)22-10-13-24-14-11-22/h2-8H,9-14H2,1H3,(H,21,23). The minimum absolute atomic E-state index is 0.136. The molecule has 0 saturated carbocycles. The lowest BCUT2D eigenvalue weighted by Crippen LogP contribution is -2.38. The van der Waals surface area contributed by atoms with Gasteiger partial charge in [-0.25, -0.2) is 4.98 Å². The summed E-state index contributed by atoms with van der Waals surface area (Å²) in [5, 5.41) is 2.91. The molecule has 1 aromatic heterocycles. The van der Waals surface area contributed by atoms with E-state index >= 15 is 0 Å². The molecule has 0 bridgehead atoms. The summed E-state index contributed by atoms with van der Waals surface area (Å²) in [5.74, 6) is 1.42. The Balaban J connectivity index is 1.55. The van der Waals surface area contributed by atoms with Gasteiger partial charge in [-0.1, -0.05) is 18.2 Å². The van der Waals surface area contributed by atoms with Gasteiger partial charge in [-0.05, 0) is 30.7 Å². The Hall–Kier alpha value is -2.60. The number of hydrogen-bond donors (Lipinski definition) is 1. The number of anilines is 1. The Morgan fingerprint density at radius 3 is 2.84 bits per heavy atom. The highest BCUT2D eigenvalue weighted by molar-refractivity contribution is 5.98. The van der Waals surface area contributed by atoms with Crippen LogP contribution in [0.5, 0.6) is 5.75 Å². The first-order valence-corrected chi connectivity index (χ1v) is 8.50. The predicted octanol–water partition coefficient (Wildman–Crippen LogP) is 2.04. The van der Waals surface area contributed by atoms with Crippen molar-refractivity contribution in [3.05, 3.63) is 53.7 Å². The number of morpholine rings is 1. The molecular weight excluding hydrogens is 318 g/mol. The fraction of sp³-hybridized carbons (Fsp3) is 0.368. The van der Waals surface area contributed by atoms with E-state index in [0.29, 0.717) is 37.7 Å². The molecule has 1 fully saturated rings. The molecular formula is C19H23N3O3. The van der Waals surface area contributed by atoms with Crippen LogP contribution in [0.3, 0.4) is 0 Å². The van der Waals surface area contributed by atoms with Gasteiger partial charge in [0.25, 0.3) is 5.91 Å². The number of nitrogens with zero attached hydrogens (tertiary/aromatic N) is 2. The highest BCUT2D eigenvalue weighted by Gasteiger charge is 2.19. The molecule has 2 aromatic rings. The summed E-state index contributed by atoms with van der Waals surface area (Å²) in [6.07, 6.45) is 1.71. The van der Waals surface area contributed by atoms with E-state index in [-0.39, 0.29) is 5.91 Å². The molecule has 1 aromatic carbocycles. The quantitative estimate of drug-likeness (QED) is 0.815. The zero-order valence-electron chi connectivity index (χ0n) is 14.4. The molecule has 6 nitrogen and oxygen atoms in total. The van der Waals surface area contributed by atoms with E-state index in [2.05, 4.69) is 15.2 Å². The molecule has 0 atom stereocenters. The van der Waals surface area contributed by atoms with E-state index in [4.69, 9.17) is 9.47 Å². The summed E-state index contributed by atoms with van der Waals surface area (Å²) in [6.45, 7) is 5.65. The summed E-state index contributed by atoms with van der Waals surface area (Å²) in [6, 6.07) is 11.4. The number of aromatic nitrogens is 1. The maximum absolute atomic E-state index is 12.5. The molecule has 1 saturated heterocycles. The Labute approximate surface area is 147 Å². The minimum atomic E-state index is -0.136. The lowest BCUT2D eigenvalue weighted by atomic mass is 10.2. The zero-order valence-corrected chi connectivity index (χ0v) is 14.4. The van der Waals surface area contributed by atoms with Gasteiger partial charge in [-0.2, -0.15) is 0 Å². The second kappa shape index (κ2) is 8.48. The van der Waals surface area contributed by atoms with E-state index in [1.54, 1.807) is 18.3 Å². The van der Waals surface area contributed by atoms with Crippen molar-refractivity contribution in [3.63, 3.8) is 0 Å². The third kappa shape index (κ3) is 4.48. The molecule has 1 aliphatic heterocycles. The molecule has 0 radical (unpaired) electrons. The minimum Gasteiger partial charge on any atom is -0.491 e. The van der Waals surface area contributed by atoms with Gasteiger partial charge in [0.05, 0.1) is 25.3 Å². The lowest BCUT2D eigenvalue weighted by molar-refractivity contribution is 0.0945. The number of amides is 1. The molecule has 1 N–H and O–H groups in total. The van der Waals surface area contributed by atoms with Crippen molar-refractivity contribution in [1.82, 2.24) is 10.3 Å². The molecule has 3 rings (SSSR count). The fourth-order valence-corrected chi connectivity index (χ4v) is 2.74. The SMILES string of the molecule is Cc1ccccc1OCCNC(=O)c1cccnc1N1CCOCC1. The third-order valence-corrected chi connectivity index (χ3v) is 4.08. The average Bonchev–Trinajstić information content (AvgIpc) is 2.67. The van der Waals surface area contributed by atoms with Crippen molar-refractivity contribution in [2.24, 2.45) is 0 Å². The van der Waals surface area contributed by atoms with E-state index in [1.165, 1.54) is 0 Å². The van der Waals surface area contributed by atoms with Crippen molar-refractivity contribution in [1.29, 1.82) is 0 Å². The Bertz CT molecular complexity index is 715. The smallest absolute Gasteiger partial charge is 0.255 e. The number of benzene rings is 1. The van der Waals surface area contributed by atoms with Crippen LogP contribution in [0.15, 0.2) is 42.6 Å². The molecule has 6 heteroatoms. The van der Waals surface area contributed by atoms with Crippen LogP contribution in [0.4, 0.5) is 5.82 Å². The summed E-state index contributed by atoms with van der Waals surface area (Å²) in [5.41, 5.74) is 1.66. The summed E-state index contributed by atoms with van der Waals surface area (Å²) < 4.78 is 11.1. The van der Waals surface area contributed by atoms with Crippen LogP contribution >= 0.6 is 0 Å². The number of rotatable bonds is 6. The van der Waals surface area contributed by atoms with Crippen molar-refractivity contribution in [2.45, 2.75) is 6.92 Å². The molecule has 1 aliphatic rings. The monoisotopic (exact) mass is 341 g/mol. The van der Waals surface area contributed by atoms with Crippen molar-refractivity contribution in [3.8, 4) is 5.75 Å². The van der Waals surface area contributed by atoms with E-state index in [9.17, 15) is 4.79 Å². The predicted molar refractivity (Wildman–Crippen MR) is 96.3 cm³/mol. The first-order chi connectivity index (χ1) is 12.3. The summed E-state index contributed by atoms with van der Waals surface area (Å²) in [4.78, 5) is 19.0. The van der Waals surface area contributed by atoms with Gasteiger partial charge in [-0.3, -0.25) is 4.79 Å². The van der Waals surface area contributed by atoms with E-state index in [0.717, 1.165) is 24.4 Å². The fourth-order valence-electron chi connectivity index (χ4n) is 2.74. The molecule has 132 valence electrons. The van der Waals surface area contributed by atoms with E-state index < -0.39 is 0 Å². The molecule has 0 spiro atoms. The van der Waals surface area contributed by atoms with Crippen LogP contribution in [-0.4, -0.2) is 50.3 Å². The van der Waals surface area contributed by atoms with Gasteiger partial charge in [0.2, 0.25) is 0 Å². The second-order valence-corrected chi connectivity index (χ2v) is 5.84. The maximum Gasteiger partial charge on any atom is 0.255 e. The number of aryl methyl sites for hydroxylation is 1. The number of carbonyl (C=O) groups excluding carboxylic acids is 1. The highest BCUT2D eigenvalue weighted by Crippen LogP contribution is 2.18. The van der Waals surface area contributed by atoms with Crippen LogP contribution in [-0.2, 0) is 4.74 Å². The van der Waals surface area contributed by atoms with Crippen LogP contribution in [0, 0.1) is 6.92 Å². The number of para-hydroxylation sites is 1. The van der Waals surface area contributed by atoms with Gasteiger partial charge in [0.15, 0.2) is 0 Å². The molecule has 25 heavy (non-hydrogen) atoms. The largest absolute Gasteiger partial charge is 0.491 e. The van der Waals surface area contributed by atoms with Crippen molar-refractivity contribution >= 4 is 11.7 Å². The number of hydrogen-bond acceptors (Lipinski definition) is 5. The van der Waals surface area contributed by atoms with E-state index in [1.807, 2.05) is 31.2 Å². The third-order valence-electron chi connectivity index (χ3n) is 4.08.